The third kappa shape index (κ3) is 2.96. The maximum atomic E-state index is 2.25. The van der Waals surface area contributed by atoms with Crippen LogP contribution in [0.4, 0.5) is 0 Å². The molecule has 0 saturated heterocycles. The van der Waals surface area contributed by atoms with E-state index >= 15 is 0 Å². The van der Waals surface area contributed by atoms with Crippen LogP contribution in [0.2, 0.25) is 0 Å². The van der Waals surface area contributed by atoms with E-state index in [0.717, 1.165) is 13.0 Å². The highest BCUT2D eigenvalue weighted by Crippen LogP contribution is 2.31. The molecular formula is C15H19NS. The maximum absolute atomic E-state index is 2.25. The summed E-state index contributed by atoms with van der Waals surface area (Å²) in [7, 11) is 4.23. The van der Waals surface area contributed by atoms with E-state index in [1.54, 1.807) is 0 Å². The van der Waals surface area contributed by atoms with Gasteiger partial charge in [0.15, 0.2) is 0 Å². The van der Waals surface area contributed by atoms with E-state index in [2.05, 4.69) is 62.3 Å². The fourth-order valence-corrected chi connectivity index (χ4v) is 2.96. The summed E-state index contributed by atoms with van der Waals surface area (Å²) in [6.07, 6.45) is 1.13. The summed E-state index contributed by atoms with van der Waals surface area (Å²) in [6.45, 7) is 3.21. The maximum Gasteiger partial charge on any atom is 0.0348 e. The van der Waals surface area contributed by atoms with Crippen LogP contribution in [0, 0.1) is 0 Å². The molecule has 0 bridgehead atoms. The minimum Gasteiger partial charge on any atom is -0.305 e. The first-order valence-electron chi connectivity index (χ1n) is 6.02. The minimum atomic E-state index is 0.996. The molecule has 0 amide bonds. The number of aryl methyl sites for hydroxylation is 1. The Bertz CT molecular complexity index is 485. The van der Waals surface area contributed by atoms with Crippen LogP contribution in [0.3, 0.4) is 0 Å². The summed E-state index contributed by atoms with van der Waals surface area (Å²) in [6, 6.07) is 13.2. The van der Waals surface area contributed by atoms with E-state index in [9.17, 15) is 0 Å². The molecule has 1 nitrogen and oxygen atoms in total. The van der Waals surface area contributed by atoms with Crippen molar-refractivity contribution in [3.63, 3.8) is 0 Å². The summed E-state index contributed by atoms with van der Waals surface area (Å²) in [5, 5.41) is 0. The van der Waals surface area contributed by atoms with Crippen molar-refractivity contribution in [2.45, 2.75) is 19.9 Å². The van der Waals surface area contributed by atoms with Gasteiger partial charge in [0, 0.05) is 16.3 Å². The van der Waals surface area contributed by atoms with Gasteiger partial charge in [0.2, 0.25) is 0 Å². The molecule has 2 rings (SSSR count). The van der Waals surface area contributed by atoms with Crippen LogP contribution < -0.4 is 0 Å². The second kappa shape index (κ2) is 5.48. The van der Waals surface area contributed by atoms with Crippen LogP contribution in [0.5, 0.6) is 0 Å². The fourth-order valence-electron chi connectivity index (χ4n) is 1.95. The summed E-state index contributed by atoms with van der Waals surface area (Å²) < 4.78 is 0. The van der Waals surface area contributed by atoms with E-state index in [0.29, 0.717) is 0 Å². The van der Waals surface area contributed by atoms with Crippen molar-refractivity contribution in [3.05, 3.63) is 46.8 Å². The van der Waals surface area contributed by atoms with Gasteiger partial charge in [0.1, 0.15) is 0 Å². The Morgan fingerprint density at radius 2 is 1.82 bits per heavy atom. The summed E-state index contributed by atoms with van der Waals surface area (Å²) in [4.78, 5) is 5.06. The summed E-state index contributed by atoms with van der Waals surface area (Å²) in [5.41, 5.74) is 2.79. The van der Waals surface area contributed by atoms with Gasteiger partial charge >= 0.3 is 0 Å². The molecule has 90 valence electrons. The minimum absolute atomic E-state index is 0.996. The molecule has 1 aromatic heterocycles. The molecule has 0 N–H and O–H groups in total. The predicted molar refractivity (Wildman–Crippen MR) is 76.5 cm³/mol. The zero-order valence-corrected chi connectivity index (χ0v) is 11.6. The van der Waals surface area contributed by atoms with Gasteiger partial charge in [-0.05, 0) is 43.8 Å². The standard InChI is InChI=1S/C15H19NS/c1-4-13-9-10-15(17-13)14-8-6-5-7-12(14)11-16(2)3/h5-10H,4,11H2,1-3H3. The molecule has 0 spiro atoms. The molecular weight excluding hydrogens is 226 g/mol. The number of hydrogen-bond donors (Lipinski definition) is 0. The zero-order valence-electron chi connectivity index (χ0n) is 10.7. The van der Waals surface area contributed by atoms with Crippen molar-refractivity contribution in [3.8, 4) is 10.4 Å². The molecule has 0 aliphatic rings. The number of hydrogen-bond acceptors (Lipinski definition) is 2. The number of nitrogens with zero attached hydrogens (tertiary/aromatic N) is 1. The highest BCUT2D eigenvalue weighted by Gasteiger charge is 2.07. The highest BCUT2D eigenvalue weighted by molar-refractivity contribution is 7.15. The van der Waals surface area contributed by atoms with Gasteiger partial charge in [0.05, 0.1) is 0 Å². The van der Waals surface area contributed by atoms with Gasteiger partial charge in [0.25, 0.3) is 0 Å². The van der Waals surface area contributed by atoms with E-state index in [-0.39, 0.29) is 0 Å². The van der Waals surface area contributed by atoms with Crippen molar-refractivity contribution in [1.82, 2.24) is 4.90 Å². The molecule has 0 saturated carbocycles. The van der Waals surface area contributed by atoms with Gasteiger partial charge in [-0.25, -0.2) is 0 Å². The third-order valence-corrected chi connectivity index (χ3v) is 4.04. The Kier molecular flexibility index (Phi) is 3.97. The zero-order chi connectivity index (χ0) is 12.3. The average Bonchev–Trinajstić information content (AvgIpc) is 2.77. The molecule has 1 heterocycles. The van der Waals surface area contributed by atoms with Gasteiger partial charge in [-0.2, -0.15) is 0 Å². The Labute approximate surface area is 108 Å². The first-order valence-corrected chi connectivity index (χ1v) is 6.84. The van der Waals surface area contributed by atoms with Crippen LogP contribution in [0.1, 0.15) is 17.4 Å². The van der Waals surface area contributed by atoms with Crippen molar-refractivity contribution in [2.75, 3.05) is 14.1 Å². The highest BCUT2D eigenvalue weighted by atomic mass is 32.1. The number of rotatable bonds is 4. The summed E-state index contributed by atoms with van der Waals surface area (Å²) in [5.74, 6) is 0. The Morgan fingerprint density at radius 3 is 2.47 bits per heavy atom. The predicted octanol–water partition coefficient (Wildman–Crippen LogP) is 4.04. The van der Waals surface area contributed by atoms with Gasteiger partial charge in [-0.15, -0.1) is 11.3 Å². The Morgan fingerprint density at radius 1 is 1.06 bits per heavy atom. The molecule has 2 heteroatoms. The lowest BCUT2D eigenvalue weighted by Crippen LogP contribution is -2.11. The normalized spacial score (nSPS) is 11.1. The summed E-state index contributed by atoms with van der Waals surface area (Å²) >= 11 is 1.91. The van der Waals surface area contributed by atoms with Crippen molar-refractivity contribution in [1.29, 1.82) is 0 Å². The van der Waals surface area contributed by atoms with E-state index in [1.165, 1.54) is 20.9 Å². The Balaban J connectivity index is 2.36. The lowest BCUT2D eigenvalue weighted by atomic mass is 10.1. The van der Waals surface area contributed by atoms with Gasteiger partial charge in [-0.1, -0.05) is 31.2 Å². The van der Waals surface area contributed by atoms with E-state index < -0.39 is 0 Å². The van der Waals surface area contributed by atoms with Crippen molar-refractivity contribution in [2.24, 2.45) is 0 Å². The van der Waals surface area contributed by atoms with Gasteiger partial charge < -0.3 is 4.90 Å². The number of thiophene rings is 1. The smallest absolute Gasteiger partial charge is 0.0348 e. The van der Waals surface area contributed by atoms with E-state index in [4.69, 9.17) is 0 Å². The topological polar surface area (TPSA) is 3.24 Å². The fraction of sp³-hybridized carbons (Fsp3) is 0.333. The third-order valence-electron chi connectivity index (χ3n) is 2.78. The Hall–Kier alpha value is -1.12. The van der Waals surface area contributed by atoms with Crippen LogP contribution in [0.25, 0.3) is 10.4 Å². The lowest BCUT2D eigenvalue weighted by Gasteiger charge is -2.13. The molecule has 0 aliphatic heterocycles. The average molecular weight is 245 g/mol. The van der Waals surface area contributed by atoms with Crippen molar-refractivity contribution < 1.29 is 0 Å². The number of benzene rings is 1. The van der Waals surface area contributed by atoms with Crippen molar-refractivity contribution >= 4 is 11.3 Å². The molecule has 2 aromatic rings. The van der Waals surface area contributed by atoms with E-state index in [1.807, 2.05) is 11.3 Å². The van der Waals surface area contributed by atoms with Crippen LogP contribution in [-0.4, -0.2) is 19.0 Å². The molecule has 17 heavy (non-hydrogen) atoms. The quantitative estimate of drug-likeness (QED) is 0.786. The second-order valence-corrected chi connectivity index (χ2v) is 5.68. The molecule has 0 radical (unpaired) electrons. The van der Waals surface area contributed by atoms with Crippen LogP contribution in [-0.2, 0) is 13.0 Å². The molecule has 0 aliphatic carbocycles. The first-order chi connectivity index (χ1) is 8.20. The SMILES string of the molecule is CCc1ccc(-c2ccccc2CN(C)C)s1. The molecule has 0 fully saturated rings. The first kappa shape index (κ1) is 12.3. The molecule has 0 atom stereocenters. The monoisotopic (exact) mass is 245 g/mol. The van der Waals surface area contributed by atoms with Gasteiger partial charge in [-0.3, -0.25) is 0 Å². The second-order valence-electron chi connectivity index (χ2n) is 4.51. The largest absolute Gasteiger partial charge is 0.305 e. The van der Waals surface area contributed by atoms with Crippen LogP contribution in [0.15, 0.2) is 36.4 Å². The van der Waals surface area contributed by atoms with Crippen LogP contribution >= 0.6 is 11.3 Å². The lowest BCUT2D eigenvalue weighted by molar-refractivity contribution is 0.403. The molecule has 0 unspecified atom stereocenters. The molecule has 1 aromatic carbocycles.